The fourth-order valence-electron chi connectivity index (χ4n) is 4.30. The maximum absolute atomic E-state index is 3.75. The van der Waals surface area contributed by atoms with Crippen LogP contribution >= 0.6 is 0 Å². The molecule has 1 heteroatoms. The van der Waals surface area contributed by atoms with E-state index in [0.717, 1.165) is 11.3 Å². The Morgan fingerprint density at radius 1 is 1.22 bits per heavy atom. The first-order valence-electron chi connectivity index (χ1n) is 8.05. The lowest BCUT2D eigenvalue weighted by atomic mass is 9.54. The highest BCUT2D eigenvalue weighted by molar-refractivity contribution is 5.27. The van der Waals surface area contributed by atoms with E-state index in [1.807, 2.05) is 5.57 Å². The lowest BCUT2D eigenvalue weighted by Crippen LogP contribution is -2.48. The van der Waals surface area contributed by atoms with E-state index < -0.39 is 0 Å². The number of hydrogen-bond donors (Lipinski definition) is 1. The smallest absolute Gasteiger partial charge is 0.00472 e. The molecule has 1 N–H and O–H groups in total. The Morgan fingerprint density at radius 3 is 2.56 bits per heavy atom. The van der Waals surface area contributed by atoms with Gasteiger partial charge < -0.3 is 5.32 Å². The van der Waals surface area contributed by atoms with Crippen LogP contribution in [0.15, 0.2) is 11.6 Å². The van der Waals surface area contributed by atoms with Gasteiger partial charge in [-0.1, -0.05) is 25.5 Å². The van der Waals surface area contributed by atoms with Crippen molar-refractivity contribution >= 4 is 0 Å². The molecule has 3 rings (SSSR count). The first kappa shape index (κ1) is 12.7. The fourth-order valence-corrected chi connectivity index (χ4v) is 4.30. The summed E-state index contributed by atoms with van der Waals surface area (Å²) >= 11 is 0. The van der Waals surface area contributed by atoms with Gasteiger partial charge in [0.1, 0.15) is 0 Å². The summed E-state index contributed by atoms with van der Waals surface area (Å²) in [5, 5.41) is 3.75. The molecule has 1 spiro atoms. The SMILES string of the molecule is CC(C)CNCC1(C2=CCCCC2)CC2(CC2)C1. The van der Waals surface area contributed by atoms with Crippen LogP contribution in [0.3, 0.4) is 0 Å². The molecule has 0 bridgehead atoms. The fraction of sp³-hybridized carbons (Fsp3) is 0.882. The maximum atomic E-state index is 3.75. The summed E-state index contributed by atoms with van der Waals surface area (Å²) in [6.07, 6.45) is 14.2. The molecule has 18 heavy (non-hydrogen) atoms. The lowest BCUT2D eigenvalue weighted by molar-refractivity contribution is 0.0670. The predicted molar refractivity (Wildman–Crippen MR) is 77.6 cm³/mol. The molecule has 3 aliphatic carbocycles. The molecule has 0 aliphatic heterocycles. The van der Waals surface area contributed by atoms with Gasteiger partial charge in [0.25, 0.3) is 0 Å². The van der Waals surface area contributed by atoms with E-state index in [0.29, 0.717) is 5.41 Å². The quantitative estimate of drug-likeness (QED) is 0.715. The van der Waals surface area contributed by atoms with Crippen LogP contribution in [0.1, 0.15) is 65.2 Å². The molecular weight excluding hydrogens is 218 g/mol. The van der Waals surface area contributed by atoms with E-state index >= 15 is 0 Å². The summed E-state index contributed by atoms with van der Waals surface area (Å²) in [5.74, 6) is 0.775. The van der Waals surface area contributed by atoms with Crippen molar-refractivity contribution in [2.75, 3.05) is 13.1 Å². The molecule has 0 saturated heterocycles. The predicted octanol–water partition coefficient (Wildman–Crippen LogP) is 4.29. The second-order valence-electron chi connectivity index (χ2n) is 7.63. The monoisotopic (exact) mass is 247 g/mol. The van der Waals surface area contributed by atoms with Crippen molar-refractivity contribution in [2.24, 2.45) is 16.7 Å². The molecule has 0 aromatic rings. The molecule has 0 amide bonds. The zero-order chi connectivity index (χ0) is 12.6. The van der Waals surface area contributed by atoms with Gasteiger partial charge in [0, 0.05) is 12.0 Å². The Morgan fingerprint density at radius 2 is 2.00 bits per heavy atom. The topological polar surface area (TPSA) is 12.0 Å². The maximum Gasteiger partial charge on any atom is 0.00472 e. The van der Waals surface area contributed by atoms with Crippen molar-refractivity contribution in [2.45, 2.75) is 65.2 Å². The van der Waals surface area contributed by atoms with Crippen molar-refractivity contribution in [1.29, 1.82) is 0 Å². The molecule has 0 atom stereocenters. The van der Waals surface area contributed by atoms with Crippen molar-refractivity contribution in [3.05, 3.63) is 11.6 Å². The second kappa shape index (κ2) is 4.67. The summed E-state index contributed by atoms with van der Waals surface area (Å²) in [7, 11) is 0. The number of hydrogen-bond acceptors (Lipinski definition) is 1. The molecule has 102 valence electrons. The van der Waals surface area contributed by atoms with E-state index in [4.69, 9.17) is 0 Å². The van der Waals surface area contributed by atoms with Crippen LogP contribution in [-0.2, 0) is 0 Å². The first-order valence-corrected chi connectivity index (χ1v) is 8.05. The Bertz CT molecular complexity index is 328. The minimum Gasteiger partial charge on any atom is -0.316 e. The normalized spacial score (nSPS) is 28.1. The molecule has 3 aliphatic rings. The van der Waals surface area contributed by atoms with E-state index in [1.54, 1.807) is 0 Å². The molecule has 0 aromatic heterocycles. The minimum atomic E-state index is 0.575. The van der Waals surface area contributed by atoms with Gasteiger partial charge >= 0.3 is 0 Å². The Labute approximate surface area is 112 Å². The van der Waals surface area contributed by atoms with Gasteiger partial charge in [-0.2, -0.15) is 0 Å². The third-order valence-electron chi connectivity index (χ3n) is 5.37. The lowest BCUT2D eigenvalue weighted by Gasteiger charge is -2.51. The standard InChI is InChI=1S/C17H29N/c1-14(2)10-18-13-17(11-16(12-17)8-9-16)15-6-4-3-5-7-15/h6,14,18H,3-5,7-13H2,1-2H3. The van der Waals surface area contributed by atoms with Crippen molar-refractivity contribution in [3.63, 3.8) is 0 Å². The summed E-state index contributed by atoms with van der Waals surface area (Å²) < 4.78 is 0. The molecule has 1 nitrogen and oxygen atoms in total. The van der Waals surface area contributed by atoms with Crippen molar-refractivity contribution in [1.82, 2.24) is 5.32 Å². The Kier molecular flexibility index (Phi) is 3.30. The van der Waals surface area contributed by atoms with Gasteiger partial charge in [0.2, 0.25) is 0 Å². The van der Waals surface area contributed by atoms with E-state index in [-0.39, 0.29) is 0 Å². The third kappa shape index (κ3) is 2.39. The van der Waals surface area contributed by atoms with Crippen LogP contribution < -0.4 is 5.32 Å². The zero-order valence-corrected chi connectivity index (χ0v) is 12.2. The summed E-state index contributed by atoms with van der Waals surface area (Å²) in [5.41, 5.74) is 3.21. The summed E-state index contributed by atoms with van der Waals surface area (Å²) in [4.78, 5) is 0. The van der Waals surface area contributed by atoms with E-state index in [1.165, 1.54) is 64.5 Å². The molecule has 0 radical (unpaired) electrons. The highest BCUT2D eigenvalue weighted by atomic mass is 14.9. The van der Waals surface area contributed by atoms with Crippen LogP contribution in [0.4, 0.5) is 0 Å². The zero-order valence-electron chi connectivity index (χ0n) is 12.2. The number of nitrogens with one attached hydrogen (secondary N) is 1. The molecular formula is C17H29N. The highest BCUT2D eigenvalue weighted by Crippen LogP contribution is 2.71. The molecule has 2 fully saturated rings. The van der Waals surface area contributed by atoms with Gasteiger partial charge in [-0.3, -0.25) is 0 Å². The second-order valence-corrected chi connectivity index (χ2v) is 7.63. The van der Waals surface area contributed by atoms with Crippen molar-refractivity contribution < 1.29 is 0 Å². The highest BCUT2D eigenvalue weighted by Gasteiger charge is 2.61. The van der Waals surface area contributed by atoms with Crippen LogP contribution in [0.2, 0.25) is 0 Å². The molecule has 2 saturated carbocycles. The number of rotatable bonds is 5. The molecule has 0 aromatic carbocycles. The Hall–Kier alpha value is -0.300. The van der Waals surface area contributed by atoms with Gasteiger partial charge in [-0.05, 0) is 69.2 Å². The van der Waals surface area contributed by atoms with E-state index in [2.05, 4.69) is 25.2 Å². The molecule has 0 unspecified atom stereocenters. The van der Waals surface area contributed by atoms with Gasteiger partial charge in [-0.15, -0.1) is 0 Å². The van der Waals surface area contributed by atoms with Crippen LogP contribution in [0.25, 0.3) is 0 Å². The van der Waals surface area contributed by atoms with Crippen LogP contribution in [0, 0.1) is 16.7 Å². The van der Waals surface area contributed by atoms with Crippen molar-refractivity contribution in [3.8, 4) is 0 Å². The van der Waals surface area contributed by atoms with Crippen LogP contribution in [0.5, 0.6) is 0 Å². The van der Waals surface area contributed by atoms with Gasteiger partial charge in [0.05, 0.1) is 0 Å². The molecule has 0 heterocycles. The largest absolute Gasteiger partial charge is 0.316 e. The van der Waals surface area contributed by atoms with Gasteiger partial charge in [-0.25, -0.2) is 0 Å². The number of allylic oxidation sites excluding steroid dienone is 1. The van der Waals surface area contributed by atoms with Gasteiger partial charge in [0.15, 0.2) is 0 Å². The average molecular weight is 247 g/mol. The Balaban J connectivity index is 1.63. The summed E-state index contributed by atoms with van der Waals surface area (Å²) in [6, 6.07) is 0. The third-order valence-corrected chi connectivity index (χ3v) is 5.37. The average Bonchev–Trinajstić information content (AvgIpc) is 3.09. The minimum absolute atomic E-state index is 0.575. The summed E-state index contributed by atoms with van der Waals surface area (Å²) in [6.45, 7) is 7.05. The van der Waals surface area contributed by atoms with Crippen LogP contribution in [-0.4, -0.2) is 13.1 Å². The van der Waals surface area contributed by atoms with E-state index in [9.17, 15) is 0 Å². The first-order chi connectivity index (χ1) is 8.64.